The quantitative estimate of drug-likeness (QED) is 0.564. The van der Waals surface area contributed by atoms with Gasteiger partial charge in [0.1, 0.15) is 30.7 Å². The molecule has 0 radical (unpaired) electrons. The van der Waals surface area contributed by atoms with Gasteiger partial charge in [-0.3, -0.25) is 19.5 Å². The second-order valence-electron chi connectivity index (χ2n) is 9.42. The number of benzene rings is 1. The molecule has 11 heteroatoms. The maximum atomic E-state index is 12.8. The summed E-state index contributed by atoms with van der Waals surface area (Å²) in [5, 5.41) is 19.6. The van der Waals surface area contributed by atoms with E-state index in [0.717, 1.165) is 0 Å². The van der Waals surface area contributed by atoms with E-state index >= 15 is 0 Å². The third kappa shape index (κ3) is 6.25. The number of aliphatic hydroxyl groups is 1. The second-order valence-corrected chi connectivity index (χ2v) is 9.42. The number of morpholine rings is 2. The number of aliphatic hydroxyl groups excluding tert-OH is 1. The predicted molar refractivity (Wildman–Crippen MR) is 129 cm³/mol. The van der Waals surface area contributed by atoms with Crippen LogP contribution in [0.5, 0.6) is 5.75 Å². The number of fused-ring (bicyclic) bond motifs is 2. The van der Waals surface area contributed by atoms with Gasteiger partial charge in [-0.05, 0) is 31.2 Å². The van der Waals surface area contributed by atoms with E-state index in [2.05, 4.69) is 15.9 Å². The minimum absolute atomic E-state index is 0.0536. The van der Waals surface area contributed by atoms with Crippen molar-refractivity contribution in [2.75, 3.05) is 65.6 Å². The van der Waals surface area contributed by atoms with E-state index in [0.29, 0.717) is 70.3 Å². The van der Waals surface area contributed by atoms with Gasteiger partial charge in [-0.1, -0.05) is 0 Å². The average molecular weight is 502 g/mol. The number of hydrogen-bond acceptors (Lipinski definition) is 9. The van der Waals surface area contributed by atoms with Crippen molar-refractivity contribution >= 4 is 12.0 Å². The van der Waals surface area contributed by atoms with Crippen LogP contribution in [-0.2, 0) is 14.3 Å². The Hall–Kier alpha value is -2.91. The van der Waals surface area contributed by atoms with Gasteiger partial charge in [0.2, 0.25) is 5.91 Å². The van der Waals surface area contributed by atoms with Crippen molar-refractivity contribution in [3.8, 4) is 11.8 Å². The van der Waals surface area contributed by atoms with Gasteiger partial charge < -0.3 is 24.2 Å². The molecule has 1 aromatic carbocycles. The van der Waals surface area contributed by atoms with E-state index in [-0.39, 0.29) is 37.0 Å². The van der Waals surface area contributed by atoms with Crippen LogP contribution in [-0.4, -0.2) is 127 Å². The van der Waals surface area contributed by atoms with Gasteiger partial charge in [0.05, 0.1) is 30.9 Å². The first kappa shape index (κ1) is 26.2. The first-order valence-electron chi connectivity index (χ1n) is 12.5. The van der Waals surface area contributed by atoms with E-state index in [9.17, 15) is 14.7 Å². The summed E-state index contributed by atoms with van der Waals surface area (Å²) in [5.74, 6) is 0.652. The van der Waals surface area contributed by atoms with Crippen LogP contribution in [0.15, 0.2) is 24.3 Å². The molecule has 4 atom stereocenters. The number of β-amino-alcohol motifs (C(OH)–C–C–N with tert-alkyl or cyclic N) is 1. The lowest BCUT2D eigenvalue weighted by Crippen LogP contribution is -2.71. The number of piperazine rings is 1. The Morgan fingerprint density at radius 3 is 2.53 bits per heavy atom. The first-order valence-corrected chi connectivity index (χ1v) is 12.5. The van der Waals surface area contributed by atoms with E-state index in [1.807, 2.05) is 4.90 Å². The maximum absolute atomic E-state index is 12.8. The number of amides is 2. The number of rotatable bonds is 7. The highest BCUT2D eigenvalue weighted by atomic mass is 16.6. The lowest BCUT2D eigenvalue weighted by Gasteiger charge is -2.54. The summed E-state index contributed by atoms with van der Waals surface area (Å²) in [5.41, 5.74) is 0.553. The Balaban J connectivity index is 1.37. The Labute approximate surface area is 211 Å². The Morgan fingerprint density at radius 2 is 1.89 bits per heavy atom. The molecule has 2 amide bonds. The SMILES string of the molecule is CCOC(=O)N1CC2CN(CC(O)COc3ccc(C#N)cc3)CC(O2)C1N1CCN(C(C)=O)CC1. The van der Waals surface area contributed by atoms with Crippen molar-refractivity contribution in [3.63, 3.8) is 0 Å². The summed E-state index contributed by atoms with van der Waals surface area (Å²) in [7, 11) is 0. The standard InChI is InChI=1S/C25H35N5O6/c1-3-34-25(33)30-15-22-14-27(13-20(32)17-35-21-6-4-19(12-26)5-7-21)16-23(36-22)24(30)29-10-8-28(9-11-29)18(2)31/h4-7,20,22-24,32H,3,8-11,13-17H2,1-2H3. The molecule has 1 aromatic rings. The van der Waals surface area contributed by atoms with Gasteiger partial charge in [-0.2, -0.15) is 5.26 Å². The van der Waals surface area contributed by atoms with Crippen LogP contribution in [0, 0.1) is 11.3 Å². The molecule has 36 heavy (non-hydrogen) atoms. The van der Waals surface area contributed by atoms with Crippen molar-refractivity contribution in [1.82, 2.24) is 19.6 Å². The summed E-state index contributed by atoms with van der Waals surface area (Å²) < 4.78 is 17.4. The van der Waals surface area contributed by atoms with Gasteiger partial charge >= 0.3 is 6.09 Å². The Bertz CT molecular complexity index is 945. The monoisotopic (exact) mass is 501 g/mol. The van der Waals surface area contributed by atoms with Crippen LogP contribution in [0.2, 0.25) is 0 Å². The van der Waals surface area contributed by atoms with Crippen LogP contribution < -0.4 is 4.74 Å². The topological polar surface area (TPSA) is 119 Å². The second kappa shape index (κ2) is 11.9. The van der Waals surface area contributed by atoms with Gasteiger partial charge in [0.25, 0.3) is 0 Å². The van der Waals surface area contributed by atoms with Crippen LogP contribution in [0.4, 0.5) is 4.79 Å². The fourth-order valence-corrected chi connectivity index (χ4v) is 5.18. The van der Waals surface area contributed by atoms with Crippen LogP contribution >= 0.6 is 0 Å². The van der Waals surface area contributed by atoms with E-state index < -0.39 is 6.10 Å². The van der Waals surface area contributed by atoms with Crippen molar-refractivity contribution < 1.29 is 28.9 Å². The van der Waals surface area contributed by atoms with E-state index in [4.69, 9.17) is 19.5 Å². The molecule has 0 saturated carbocycles. The normalized spacial score (nSPS) is 25.7. The highest BCUT2D eigenvalue weighted by Gasteiger charge is 2.47. The number of carbonyl (C=O) groups is 2. The molecule has 3 aliphatic heterocycles. The molecule has 0 aliphatic carbocycles. The van der Waals surface area contributed by atoms with Crippen LogP contribution in [0.25, 0.3) is 0 Å². The molecule has 3 saturated heterocycles. The maximum Gasteiger partial charge on any atom is 0.411 e. The highest BCUT2D eigenvalue weighted by molar-refractivity contribution is 5.73. The fraction of sp³-hybridized carbons (Fsp3) is 0.640. The van der Waals surface area contributed by atoms with Crippen LogP contribution in [0.3, 0.4) is 0 Å². The third-order valence-corrected chi connectivity index (χ3v) is 6.85. The van der Waals surface area contributed by atoms with Gasteiger partial charge in [-0.25, -0.2) is 4.79 Å². The minimum atomic E-state index is -0.710. The number of nitriles is 1. The fourth-order valence-electron chi connectivity index (χ4n) is 5.18. The van der Waals surface area contributed by atoms with E-state index in [1.54, 1.807) is 43.0 Å². The molecule has 0 spiro atoms. The zero-order chi connectivity index (χ0) is 25.7. The lowest BCUT2D eigenvalue weighted by atomic mass is 10.0. The molecule has 2 bridgehead atoms. The molecule has 1 N–H and O–H groups in total. The van der Waals surface area contributed by atoms with Crippen molar-refractivity contribution in [2.24, 2.45) is 0 Å². The summed E-state index contributed by atoms with van der Waals surface area (Å²) in [6, 6.07) is 8.85. The molecular formula is C25H35N5O6. The zero-order valence-corrected chi connectivity index (χ0v) is 20.9. The Kier molecular flexibility index (Phi) is 8.64. The molecule has 4 unspecified atom stereocenters. The molecule has 3 fully saturated rings. The smallest absolute Gasteiger partial charge is 0.411 e. The minimum Gasteiger partial charge on any atom is -0.491 e. The number of nitrogens with zero attached hydrogens (tertiary/aromatic N) is 5. The molecule has 3 aliphatic rings. The molecule has 0 aromatic heterocycles. The molecule has 4 rings (SSSR count). The van der Waals surface area contributed by atoms with Crippen molar-refractivity contribution in [1.29, 1.82) is 5.26 Å². The van der Waals surface area contributed by atoms with Crippen LogP contribution in [0.1, 0.15) is 19.4 Å². The molecule has 11 nitrogen and oxygen atoms in total. The zero-order valence-electron chi connectivity index (χ0n) is 20.9. The summed E-state index contributed by atoms with van der Waals surface area (Å²) in [4.78, 5) is 32.6. The number of hydrogen-bond donors (Lipinski definition) is 1. The molecular weight excluding hydrogens is 466 g/mol. The van der Waals surface area contributed by atoms with Gasteiger partial charge in [0.15, 0.2) is 0 Å². The third-order valence-electron chi connectivity index (χ3n) is 6.85. The average Bonchev–Trinajstić information content (AvgIpc) is 2.87. The van der Waals surface area contributed by atoms with Gasteiger partial charge in [0, 0.05) is 52.7 Å². The largest absolute Gasteiger partial charge is 0.491 e. The lowest BCUT2D eigenvalue weighted by molar-refractivity contribution is -0.197. The molecule has 196 valence electrons. The summed E-state index contributed by atoms with van der Waals surface area (Å²) in [6.07, 6.45) is -1.81. The van der Waals surface area contributed by atoms with E-state index in [1.165, 1.54) is 0 Å². The highest BCUT2D eigenvalue weighted by Crippen LogP contribution is 2.28. The number of carbonyl (C=O) groups excluding carboxylic acids is 2. The summed E-state index contributed by atoms with van der Waals surface area (Å²) >= 11 is 0. The molecule has 3 heterocycles. The van der Waals surface area contributed by atoms with Crippen molar-refractivity contribution in [2.45, 2.75) is 38.3 Å². The predicted octanol–water partition coefficient (Wildman–Crippen LogP) is 0.330. The summed E-state index contributed by atoms with van der Waals surface area (Å²) in [6.45, 7) is 8.26. The van der Waals surface area contributed by atoms with Gasteiger partial charge in [-0.15, -0.1) is 0 Å². The first-order chi connectivity index (χ1) is 17.4. The number of ether oxygens (including phenoxy) is 3. The Morgan fingerprint density at radius 1 is 1.17 bits per heavy atom. The van der Waals surface area contributed by atoms with Crippen molar-refractivity contribution in [3.05, 3.63) is 29.8 Å².